The van der Waals surface area contributed by atoms with Crippen molar-refractivity contribution in [3.8, 4) is 44.5 Å². The maximum atomic E-state index is 2.29. The second-order valence-corrected chi connectivity index (χ2v) is 9.52. The van der Waals surface area contributed by atoms with Crippen molar-refractivity contribution in [2.24, 2.45) is 0 Å². The molecule has 0 aliphatic carbocycles. The Morgan fingerprint density at radius 2 is 0.737 bits per heavy atom. The number of benzene rings is 6. The fourth-order valence-electron chi connectivity index (χ4n) is 5.03. The van der Waals surface area contributed by atoms with Crippen LogP contribution in [0.5, 0.6) is 0 Å². The first-order valence-electron chi connectivity index (χ1n) is 13.0. The Balaban J connectivity index is 1.43. The zero-order valence-electron chi connectivity index (χ0n) is 21.5. The molecule has 0 bridgehead atoms. The van der Waals surface area contributed by atoms with E-state index in [0.29, 0.717) is 0 Å². The van der Waals surface area contributed by atoms with Gasteiger partial charge in [0.2, 0.25) is 0 Å². The molecule has 0 spiro atoms. The highest BCUT2D eigenvalue weighted by Crippen LogP contribution is 2.37. The van der Waals surface area contributed by atoms with E-state index < -0.39 is 0 Å². The first-order chi connectivity index (χ1) is 18.8. The van der Waals surface area contributed by atoms with Gasteiger partial charge in [-0.1, -0.05) is 127 Å². The van der Waals surface area contributed by atoms with Crippen LogP contribution in [0.2, 0.25) is 0 Å². The van der Waals surface area contributed by atoms with Crippen LogP contribution in [-0.4, -0.2) is 7.05 Å². The van der Waals surface area contributed by atoms with Crippen molar-refractivity contribution >= 4 is 11.4 Å². The number of nitrogens with zero attached hydrogens (tertiary/aromatic N) is 1. The lowest BCUT2D eigenvalue weighted by Crippen LogP contribution is -2.09. The zero-order chi connectivity index (χ0) is 25.7. The molecule has 0 N–H and O–H groups in total. The SMILES string of the molecule is CN(c1cc(-c2ccccc2)cc(-c2ccccc2)c1)c1cccc(-c2ccccc2-c2ccccc2)c1. The van der Waals surface area contributed by atoms with E-state index in [1.165, 1.54) is 44.5 Å². The van der Waals surface area contributed by atoms with Gasteiger partial charge >= 0.3 is 0 Å². The molecule has 0 unspecified atom stereocenters. The molecule has 0 radical (unpaired) electrons. The third kappa shape index (κ3) is 4.87. The van der Waals surface area contributed by atoms with E-state index in [1.807, 2.05) is 0 Å². The molecule has 6 aromatic carbocycles. The summed E-state index contributed by atoms with van der Waals surface area (Å²) >= 11 is 0. The van der Waals surface area contributed by atoms with Crippen molar-refractivity contribution in [2.45, 2.75) is 0 Å². The molecule has 38 heavy (non-hydrogen) atoms. The Hall–Kier alpha value is -4.88. The summed E-state index contributed by atoms with van der Waals surface area (Å²) in [5, 5.41) is 0. The van der Waals surface area contributed by atoms with Gasteiger partial charge in [0.05, 0.1) is 0 Å². The lowest BCUT2D eigenvalue weighted by Gasteiger charge is -2.23. The summed E-state index contributed by atoms with van der Waals surface area (Å²) < 4.78 is 0. The van der Waals surface area contributed by atoms with E-state index >= 15 is 0 Å². The van der Waals surface area contributed by atoms with Crippen LogP contribution >= 0.6 is 0 Å². The summed E-state index contributed by atoms with van der Waals surface area (Å²) in [6, 6.07) is 56.2. The van der Waals surface area contributed by atoms with Gasteiger partial charge in [0.1, 0.15) is 0 Å². The van der Waals surface area contributed by atoms with Crippen molar-refractivity contribution < 1.29 is 0 Å². The van der Waals surface area contributed by atoms with Crippen molar-refractivity contribution in [3.63, 3.8) is 0 Å². The standard InChI is InChI=1S/C37H29N/c1-38(34-21-13-20-31(25-34)37-23-12-11-22-36(37)30-18-9-4-10-19-30)35-26-32(28-14-5-2-6-15-28)24-33(27-35)29-16-7-3-8-17-29/h2-27H,1H3. The number of hydrogen-bond acceptors (Lipinski definition) is 1. The molecule has 6 aromatic rings. The van der Waals surface area contributed by atoms with Crippen LogP contribution in [0.25, 0.3) is 44.5 Å². The maximum Gasteiger partial charge on any atom is 0.0420 e. The highest BCUT2D eigenvalue weighted by molar-refractivity contribution is 5.86. The predicted octanol–water partition coefficient (Wildman–Crippen LogP) is 10.1. The van der Waals surface area contributed by atoms with Gasteiger partial charge in [-0.2, -0.15) is 0 Å². The Morgan fingerprint density at radius 3 is 1.29 bits per heavy atom. The number of rotatable bonds is 6. The molecule has 1 heteroatoms. The van der Waals surface area contributed by atoms with Crippen molar-refractivity contribution in [2.75, 3.05) is 11.9 Å². The second kappa shape index (κ2) is 10.6. The molecule has 0 saturated heterocycles. The second-order valence-electron chi connectivity index (χ2n) is 9.52. The van der Waals surface area contributed by atoms with Gasteiger partial charge < -0.3 is 4.90 Å². The van der Waals surface area contributed by atoms with Crippen LogP contribution in [0.4, 0.5) is 11.4 Å². The molecule has 0 aromatic heterocycles. The van der Waals surface area contributed by atoms with Crippen molar-refractivity contribution in [1.82, 2.24) is 0 Å². The van der Waals surface area contributed by atoms with Gasteiger partial charge in [-0.3, -0.25) is 0 Å². The Morgan fingerprint density at radius 1 is 0.316 bits per heavy atom. The Labute approximate surface area is 225 Å². The molecule has 0 heterocycles. The third-order valence-electron chi connectivity index (χ3n) is 7.08. The van der Waals surface area contributed by atoms with E-state index in [9.17, 15) is 0 Å². The first kappa shape index (κ1) is 23.5. The molecule has 0 fully saturated rings. The summed E-state index contributed by atoms with van der Waals surface area (Å²) in [6.07, 6.45) is 0. The molecule has 0 aliphatic rings. The lowest BCUT2D eigenvalue weighted by molar-refractivity contribution is 1.21. The minimum atomic E-state index is 1.15. The van der Waals surface area contributed by atoms with Crippen LogP contribution < -0.4 is 4.90 Å². The number of anilines is 2. The molecule has 182 valence electrons. The fourth-order valence-corrected chi connectivity index (χ4v) is 5.03. The normalized spacial score (nSPS) is 10.8. The van der Waals surface area contributed by atoms with Crippen LogP contribution in [0.15, 0.2) is 158 Å². The maximum absolute atomic E-state index is 2.29. The summed E-state index contributed by atoms with van der Waals surface area (Å²) in [5.74, 6) is 0. The van der Waals surface area contributed by atoms with Gasteiger partial charge in [0.15, 0.2) is 0 Å². The molecule has 0 saturated carbocycles. The molecule has 1 nitrogen and oxygen atoms in total. The van der Waals surface area contributed by atoms with Gasteiger partial charge in [0.25, 0.3) is 0 Å². The van der Waals surface area contributed by atoms with E-state index in [1.54, 1.807) is 0 Å². The third-order valence-corrected chi connectivity index (χ3v) is 7.08. The summed E-state index contributed by atoms with van der Waals surface area (Å²) in [6.45, 7) is 0. The molecule has 0 atom stereocenters. The summed E-state index contributed by atoms with van der Waals surface area (Å²) in [5.41, 5.74) is 12.0. The monoisotopic (exact) mass is 487 g/mol. The largest absolute Gasteiger partial charge is 0.345 e. The molecular weight excluding hydrogens is 458 g/mol. The van der Waals surface area contributed by atoms with E-state index in [2.05, 4.69) is 170 Å². The van der Waals surface area contributed by atoms with Crippen LogP contribution in [0.1, 0.15) is 0 Å². The van der Waals surface area contributed by atoms with Gasteiger partial charge in [0, 0.05) is 18.4 Å². The Kier molecular flexibility index (Phi) is 6.57. The average Bonchev–Trinajstić information content (AvgIpc) is 3.02. The highest BCUT2D eigenvalue weighted by Gasteiger charge is 2.12. The Bertz CT molecular complexity index is 1600. The fraction of sp³-hybridized carbons (Fsp3) is 0.0270. The molecule has 0 amide bonds. The molecule has 0 aliphatic heterocycles. The molecular formula is C37H29N. The van der Waals surface area contributed by atoms with Gasteiger partial charge in [-0.15, -0.1) is 0 Å². The van der Waals surface area contributed by atoms with E-state index in [-0.39, 0.29) is 0 Å². The van der Waals surface area contributed by atoms with Crippen LogP contribution in [0.3, 0.4) is 0 Å². The zero-order valence-corrected chi connectivity index (χ0v) is 21.5. The van der Waals surface area contributed by atoms with Crippen LogP contribution in [0, 0.1) is 0 Å². The topological polar surface area (TPSA) is 3.24 Å². The molecule has 6 rings (SSSR count). The van der Waals surface area contributed by atoms with Gasteiger partial charge in [-0.05, 0) is 74.8 Å². The van der Waals surface area contributed by atoms with E-state index in [4.69, 9.17) is 0 Å². The summed E-state index contributed by atoms with van der Waals surface area (Å²) in [4.78, 5) is 2.29. The van der Waals surface area contributed by atoms with Gasteiger partial charge in [-0.25, -0.2) is 0 Å². The lowest BCUT2D eigenvalue weighted by atomic mass is 9.94. The van der Waals surface area contributed by atoms with Crippen molar-refractivity contribution in [3.05, 3.63) is 158 Å². The average molecular weight is 488 g/mol. The van der Waals surface area contributed by atoms with Crippen molar-refractivity contribution in [1.29, 1.82) is 0 Å². The predicted molar refractivity (Wildman–Crippen MR) is 163 cm³/mol. The first-order valence-corrected chi connectivity index (χ1v) is 13.0. The minimum absolute atomic E-state index is 1.15. The van der Waals surface area contributed by atoms with E-state index in [0.717, 1.165) is 11.4 Å². The quantitative estimate of drug-likeness (QED) is 0.226. The smallest absolute Gasteiger partial charge is 0.0420 e. The minimum Gasteiger partial charge on any atom is -0.345 e. The highest BCUT2D eigenvalue weighted by atomic mass is 15.1. The van der Waals surface area contributed by atoms with Crippen LogP contribution in [-0.2, 0) is 0 Å². The summed E-state index contributed by atoms with van der Waals surface area (Å²) in [7, 11) is 2.15. The number of hydrogen-bond donors (Lipinski definition) is 0.